The molecular weight excluding hydrogens is 250 g/mol. The Hall–Kier alpha value is -0.618. The van der Waals surface area contributed by atoms with Gasteiger partial charge in [-0.2, -0.15) is 0 Å². The molecule has 0 heterocycles. The summed E-state index contributed by atoms with van der Waals surface area (Å²) in [6, 6.07) is 0. The Morgan fingerprint density at radius 3 is 1.09 bits per heavy atom. The van der Waals surface area contributed by atoms with Crippen LogP contribution in [0.4, 0.5) is 0 Å². The van der Waals surface area contributed by atoms with Crippen molar-refractivity contribution < 1.29 is 31.9 Å². The molecule has 0 aromatic carbocycles. The summed E-state index contributed by atoms with van der Waals surface area (Å²) in [6.07, 6.45) is 0. The number of hydrogen-bond acceptors (Lipinski definition) is 6. The van der Waals surface area contributed by atoms with Gasteiger partial charge < -0.3 is 31.7 Å². The molecule has 0 amide bonds. The summed E-state index contributed by atoms with van der Waals surface area (Å²) in [7, 11) is 0. The average molecular weight is 261 g/mol. The maximum absolute atomic E-state index is 8.00. The fourth-order valence-electron chi connectivity index (χ4n) is 0. The molecular formula is C2H10N4O4Pd+2. The molecule has 9 heteroatoms. The molecule has 0 fully saturated rings. The molecule has 0 saturated heterocycles. The number of rotatable bonds is 1. The maximum atomic E-state index is 8.00. The Kier molecular flexibility index (Phi) is 118. The van der Waals surface area contributed by atoms with Crippen LogP contribution < -0.4 is 11.5 Å². The third-order valence-corrected chi connectivity index (χ3v) is 0.250. The quantitative estimate of drug-likeness (QED) is 0.316. The van der Waals surface area contributed by atoms with E-state index in [1.807, 2.05) is 0 Å². The molecule has 0 saturated carbocycles. The van der Waals surface area contributed by atoms with E-state index in [9.17, 15) is 0 Å². The predicted octanol–water partition coefficient (Wildman–Crippen LogP) is -2.03. The summed E-state index contributed by atoms with van der Waals surface area (Å²) in [5.41, 5.74) is 7.08. The van der Waals surface area contributed by atoms with Crippen LogP contribution in [0.1, 0.15) is 0 Å². The Balaban J connectivity index is -0.0000000325. The zero-order valence-corrected chi connectivity index (χ0v) is 7.23. The van der Waals surface area contributed by atoms with Crippen molar-refractivity contribution in [2.45, 2.75) is 0 Å². The molecule has 0 aliphatic carbocycles. The normalized spacial score (nSPS) is 4.91. The summed E-state index contributed by atoms with van der Waals surface area (Å²) in [6.45, 7) is 1.92. The van der Waals surface area contributed by atoms with Crippen LogP contribution in [0.3, 0.4) is 0 Å². The average Bonchev–Trinajstić information content (AvgIpc) is 1.91. The van der Waals surface area contributed by atoms with Crippen LogP contribution in [0.25, 0.3) is 0 Å². The second-order valence-electron chi connectivity index (χ2n) is 0.856. The predicted molar refractivity (Wildman–Crippen MR) is 33.8 cm³/mol. The van der Waals surface area contributed by atoms with Crippen LogP contribution in [-0.2, 0) is 20.4 Å². The zero-order valence-electron chi connectivity index (χ0n) is 5.67. The minimum atomic E-state index is 0. The van der Waals surface area contributed by atoms with Crippen molar-refractivity contribution in [1.82, 2.24) is 0 Å². The van der Waals surface area contributed by atoms with Gasteiger partial charge in [0.2, 0.25) is 0 Å². The second-order valence-corrected chi connectivity index (χ2v) is 0.856. The molecule has 0 rings (SSSR count). The summed E-state index contributed by atoms with van der Waals surface area (Å²) < 4.78 is 0. The summed E-state index contributed by atoms with van der Waals surface area (Å²) >= 11 is 0. The van der Waals surface area contributed by atoms with Crippen molar-refractivity contribution in [3.8, 4) is 0 Å². The molecule has 6 N–H and O–H groups in total. The van der Waals surface area contributed by atoms with Crippen molar-refractivity contribution >= 4 is 0 Å². The summed E-state index contributed by atoms with van der Waals surface area (Å²) in [5, 5.41) is 18.0. The number of quaternary nitrogens is 2. The van der Waals surface area contributed by atoms with E-state index >= 15 is 0 Å². The third kappa shape index (κ3) is 3500. The van der Waals surface area contributed by atoms with Gasteiger partial charge in [0.1, 0.15) is 13.1 Å². The van der Waals surface area contributed by atoms with Crippen LogP contribution >= 0.6 is 0 Å². The van der Waals surface area contributed by atoms with Gasteiger partial charge in [0, 0.05) is 0 Å². The minimum absolute atomic E-state index is 0. The van der Waals surface area contributed by atoms with Crippen LogP contribution in [0.5, 0.6) is 0 Å². The van der Waals surface area contributed by atoms with Crippen LogP contribution in [0.15, 0.2) is 10.7 Å². The van der Waals surface area contributed by atoms with Crippen molar-refractivity contribution in [3.05, 3.63) is 20.2 Å². The smallest absolute Gasteiger partial charge is 0.444 e. The van der Waals surface area contributed by atoms with Gasteiger partial charge in [0.15, 0.2) is 0 Å². The molecule has 0 aliphatic rings. The molecule has 0 unspecified atom stereocenters. The minimum Gasteiger partial charge on any atom is -0.444 e. The number of hydrogen-bond donors (Lipinski definition) is 2. The first kappa shape index (κ1) is 22.4. The zero-order chi connectivity index (χ0) is 8.83. The van der Waals surface area contributed by atoms with Crippen LogP contribution in [0, 0.1) is 20.2 Å². The van der Waals surface area contributed by atoms with Crippen molar-refractivity contribution in [3.63, 3.8) is 0 Å². The molecule has 11 heavy (non-hydrogen) atoms. The topological polar surface area (TPSA) is 160 Å². The van der Waals surface area contributed by atoms with Gasteiger partial charge in [0.05, 0.1) is 0 Å². The largest absolute Gasteiger partial charge is 2.00 e. The van der Waals surface area contributed by atoms with Gasteiger partial charge in [-0.25, -0.2) is 0 Å². The molecule has 0 radical (unpaired) electrons. The van der Waals surface area contributed by atoms with Crippen LogP contribution in [-0.4, -0.2) is 13.1 Å². The van der Waals surface area contributed by atoms with Gasteiger partial charge in [-0.3, -0.25) is 0 Å². The summed E-state index contributed by atoms with van der Waals surface area (Å²) in [5.74, 6) is 0. The molecule has 0 atom stereocenters. The van der Waals surface area contributed by atoms with Gasteiger partial charge >= 0.3 is 20.4 Å². The number of nitrogens with zero attached hydrogens (tertiary/aromatic N) is 2. The van der Waals surface area contributed by atoms with E-state index in [1.54, 1.807) is 0 Å². The molecule has 0 aromatic heterocycles. The van der Waals surface area contributed by atoms with Crippen molar-refractivity contribution in [1.29, 1.82) is 0 Å². The fourth-order valence-corrected chi connectivity index (χ4v) is 0. The molecule has 0 spiro atoms. The van der Waals surface area contributed by atoms with E-state index < -0.39 is 0 Å². The first-order valence-electron chi connectivity index (χ1n) is 2.23. The first-order valence-corrected chi connectivity index (χ1v) is 2.23. The Labute approximate surface area is 76.5 Å². The summed E-state index contributed by atoms with van der Waals surface area (Å²) in [4.78, 5) is 16.0. The fraction of sp³-hybridized carbons (Fsp3) is 1.00. The first-order chi connectivity index (χ1) is 4.74. The molecule has 8 nitrogen and oxygen atoms in total. The van der Waals surface area contributed by atoms with Crippen molar-refractivity contribution in [2.75, 3.05) is 13.1 Å². The standard InChI is InChI=1S/C2H8N2.2HNO2.Pd/c3-1-2-4;2*2-1-3;/h1-4H2;2*(H,2,3);/q;;;+2. The van der Waals surface area contributed by atoms with E-state index in [-0.39, 0.29) is 20.4 Å². The van der Waals surface area contributed by atoms with Crippen LogP contribution in [0.2, 0.25) is 0 Å². The van der Waals surface area contributed by atoms with Gasteiger partial charge in [0.25, 0.3) is 0 Å². The van der Waals surface area contributed by atoms with E-state index in [0.717, 1.165) is 23.8 Å². The second kappa shape index (κ2) is 57.6. The Morgan fingerprint density at radius 2 is 1.09 bits per heavy atom. The maximum Gasteiger partial charge on any atom is 2.00 e. The Morgan fingerprint density at radius 1 is 1.00 bits per heavy atom. The van der Waals surface area contributed by atoms with E-state index in [1.165, 1.54) is 0 Å². The molecule has 0 bridgehead atoms. The SMILES string of the molecule is O=N[O-].O=N[O-].[NH3+]CC[NH3+].[Pd+2]. The van der Waals surface area contributed by atoms with Crippen molar-refractivity contribution in [2.24, 2.45) is 10.7 Å². The van der Waals surface area contributed by atoms with E-state index in [0.29, 0.717) is 0 Å². The molecule has 0 aromatic rings. The van der Waals surface area contributed by atoms with E-state index in [4.69, 9.17) is 20.2 Å². The molecule has 0 aliphatic heterocycles. The molecule has 70 valence electrons. The third-order valence-electron chi connectivity index (χ3n) is 0.250. The monoisotopic (exact) mass is 260 g/mol. The van der Waals surface area contributed by atoms with Gasteiger partial charge in [-0.05, 0) is 0 Å². The van der Waals surface area contributed by atoms with E-state index in [2.05, 4.69) is 11.5 Å². The van der Waals surface area contributed by atoms with Gasteiger partial charge in [-0.15, -0.1) is 10.7 Å². The van der Waals surface area contributed by atoms with Gasteiger partial charge in [-0.1, -0.05) is 0 Å². The Bertz CT molecular complexity index is 56.1.